The zero-order valence-corrected chi connectivity index (χ0v) is 10.7. The van der Waals surface area contributed by atoms with Crippen LogP contribution >= 0.6 is 23.4 Å². The van der Waals surface area contributed by atoms with E-state index in [-0.39, 0.29) is 0 Å². The fraction of sp³-hybridized carbons (Fsp3) is 0.538. The van der Waals surface area contributed by atoms with Crippen LogP contribution in [-0.4, -0.2) is 16.6 Å². The molecular weight excluding hydrogens is 240 g/mol. The number of rotatable bonds is 2. The first-order chi connectivity index (χ1) is 7.69. The Labute approximate surface area is 105 Å². The van der Waals surface area contributed by atoms with Gasteiger partial charge in [0.15, 0.2) is 0 Å². The van der Waals surface area contributed by atoms with Crippen molar-refractivity contribution in [3.8, 4) is 0 Å². The largest absolute Gasteiger partial charge is 0.385 e. The minimum Gasteiger partial charge on any atom is -0.385 e. The summed E-state index contributed by atoms with van der Waals surface area (Å²) in [6.07, 6.45) is 2.98. The molecule has 1 saturated carbocycles. The van der Waals surface area contributed by atoms with Crippen LogP contribution in [-0.2, 0) is 5.60 Å². The number of halogens is 1. The standard InChI is InChI=1S/C13H15ClOS/c14-12-7-10(13(15)4-5-13)1-2-11(12)9-3-6-16-8-9/h1-2,7,9,15H,3-6,8H2. The number of aliphatic hydroxyl groups is 1. The van der Waals surface area contributed by atoms with Gasteiger partial charge >= 0.3 is 0 Å². The highest BCUT2D eigenvalue weighted by Gasteiger charge is 2.42. The van der Waals surface area contributed by atoms with E-state index in [4.69, 9.17) is 11.6 Å². The average Bonchev–Trinajstić information content (AvgIpc) is 2.82. The van der Waals surface area contributed by atoms with E-state index in [1.807, 2.05) is 17.8 Å². The molecule has 1 aromatic carbocycles. The smallest absolute Gasteiger partial charge is 0.0899 e. The van der Waals surface area contributed by atoms with Crippen molar-refractivity contribution in [1.82, 2.24) is 0 Å². The lowest BCUT2D eigenvalue weighted by Crippen LogP contribution is -2.05. The van der Waals surface area contributed by atoms with E-state index in [1.54, 1.807) is 0 Å². The van der Waals surface area contributed by atoms with Crippen LogP contribution in [0.1, 0.15) is 36.3 Å². The molecule has 2 aliphatic rings. The lowest BCUT2D eigenvalue weighted by molar-refractivity contribution is 0.151. The third-order valence-corrected chi connectivity index (χ3v) is 5.12. The van der Waals surface area contributed by atoms with Crippen molar-refractivity contribution < 1.29 is 5.11 Å². The summed E-state index contributed by atoms with van der Waals surface area (Å²) in [4.78, 5) is 0. The van der Waals surface area contributed by atoms with Gasteiger partial charge in [-0.15, -0.1) is 0 Å². The van der Waals surface area contributed by atoms with Crippen LogP contribution in [0.3, 0.4) is 0 Å². The molecule has 1 heterocycles. The van der Waals surface area contributed by atoms with Crippen molar-refractivity contribution in [3.05, 3.63) is 34.3 Å². The normalized spacial score (nSPS) is 27.0. The zero-order valence-electron chi connectivity index (χ0n) is 9.08. The Hall–Kier alpha value is -0.180. The lowest BCUT2D eigenvalue weighted by Gasteiger charge is -2.14. The van der Waals surface area contributed by atoms with Crippen LogP contribution in [0.4, 0.5) is 0 Å². The van der Waals surface area contributed by atoms with Gasteiger partial charge in [0.2, 0.25) is 0 Å². The molecule has 0 bridgehead atoms. The minimum atomic E-state index is -0.563. The van der Waals surface area contributed by atoms with Gasteiger partial charge in [-0.25, -0.2) is 0 Å². The molecule has 1 N–H and O–H groups in total. The summed E-state index contributed by atoms with van der Waals surface area (Å²) < 4.78 is 0. The SMILES string of the molecule is OC1(c2ccc(C3CCSC3)c(Cl)c2)CC1. The van der Waals surface area contributed by atoms with E-state index in [1.165, 1.54) is 23.5 Å². The first-order valence-electron chi connectivity index (χ1n) is 5.79. The van der Waals surface area contributed by atoms with Crippen molar-refractivity contribution >= 4 is 23.4 Å². The van der Waals surface area contributed by atoms with Gasteiger partial charge in [-0.2, -0.15) is 11.8 Å². The van der Waals surface area contributed by atoms with E-state index in [0.717, 1.165) is 23.4 Å². The van der Waals surface area contributed by atoms with E-state index >= 15 is 0 Å². The Bertz CT molecular complexity index is 408. The first kappa shape index (κ1) is 10.9. The molecule has 3 rings (SSSR count). The monoisotopic (exact) mass is 254 g/mol. The Morgan fingerprint density at radius 2 is 2.19 bits per heavy atom. The van der Waals surface area contributed by atoms with E-state index < -0.39 is 5.60 Å². The van der Waals surface area contributed by atoms with Gasteiger partial charge in [0.25, 0.3) is 0 Å². The van der Waals surface area contributed by atoms with E-state index in [9.17, 15) is 5.11 Å². The quantitative estimate of drug-likeness (QED) is 0.871. The molecule has 86 valence electrons. The molecule has 0 radical (unpaired) electrons. The predicted molar refractivity (Wildman–Crippen MR) is 69.3 cm³/mol. The molecule has 2 fully saturated rings. The van der Waals surface area contributed by atoms with Crippen LogP contribution in [0.25, 0.3) is 0 Å². The van der Waals surface area contributed by atoms with Gasteiger partial charge in [-0.1, -0.05) is 23.7 Å². The summed E-state index contributed by atoms with van der Waals surface area (Å²) in [7, 11) is 0. The Morgan fingerprint density at radius 1 is 1.38 bits per heavy atom. The molecule has 1 nitrogen and oxygen atoms in total. The summed E-state index contributed by atoms with van der Waals surface area (Å²) in [5.41, 5.74) is 1.69. The highest BCUT2D eigenvalue weighted by atomic mass is 35.5. The van der Waals surface area contributed by atoms with Crippen molar-refractivity contribution in [2.45, 2.75) is 30.8 Å². The molecule has 0 amide bonds. The molecule has 1 atom stereocenters. The van der Waals surface area contributed by atoms with Crippen LogP contribution in [0, 0.1) is 0 Å². The molecule has 1 unspecified atom stereocenters. The second-order valence-electron chi connectivity index (χ2n) is 4.83. The summed E-state index contributed by atoms with van der Waals surface area (Å²) in [6.45, 7) is 0. The van der Waals surface area contributed by atoms with E-state index in [2.05, 4.69) is 12.1 Å². The van der Waals surface area contributed by atoms with Crippen molar-refractivity contribution in [2.75, 3.05) is 11.5 Å². The highest BCUT2D eigenvalue weighted by molar-refractivity contribution is 7.99. The third kappa shape index (κ3) is 1.87. The molecule has 16 heavy (non-hydrogen) atoms. The van der Waals surface area contributed by atoms with Gasteiger partial charge in [-0.05, 0) is 48.1 Å². The zero-order chi connectivity index (χ0) is 11.2. The van der Waals surface area contributed by atoms with Gasteiger partial charge in [0, 0.05) is 10.8 Å². The van der Waals surface area contributed by atoms with Gasteiger partial charge < -0.3 is 5.11 Å². The molecule has 1 aromatic rings. The summed E-state index contributed by atoms with van der Waals surface area (Å²) in [5, 5.41) is 10.9. The van der Waals surface area contributed by atoms with Crippen molar-refractivity contribution in [2.24, 2.45) is 0 Å². The summed E-state index contributed by atoms with van der Waals surface area (Å²) in [5.74, 6) is 3.04. The van der Waals surface area contributed by atoms with Gasteiger partial charge in [0.1, 0.15) is 0 Å². The molecule has 1 saturated heterocycles. The second kappa shape index (κ2) is 3.94. The Morgan fingerprint density at radius 3 is 2.75 bits per heavy atom. The summed E-state index contributed by atoms with van der Waals surface area (Å²) >= 11 is 8.32. The molecule has 3 heteroatoms. The van der Waals surface area contributed by atoms with Gasteiger partial charge in [-0.3, -0.25) is 0 Å². The first-order valence-corrected chi connectivity index (χ1v) is 7.32. The number of hydrogen-bond acceptors (Lipinski definition) is 2. The fourth-order valence-electron chi connectivity index (χ4n) is 2.33. The van der Waals surface area contributed by atoms with Crippen LogP contribution in [0.5, 0.6) is 0 Å². The molecule has 1 aliphatic heterocycles. The van der Waals surface area contributed by atoms with Crippen molar-refractivity contribution in [3.63, 3.8) is 0 Å². The van der Waals surface area contributed by atoms with Crippen LogP contribution in [0.15, 0.2) is 18.2 Å². The van der Waals surface area contributed by atoms with Crippen LogP contribution in [0.2, 0.25) is 5.02 Å². The molecule has 0 aromatic heterocycles. The molecule has 1 aliphatic carbocycles. The molecular formula is C13H15ClOS. The molecule has 0 spiro atoms. The average molecular weight is 255 g/mol. The van der Waals surface area contributed by atoms with Gasteiger partial charge in [0.05, 0.1) is 5.60 Å². The maximum absolute atomic E-state index is 10.0. The topological polar surface area (TPSA) is 20.2 Å². The number of thioether (sulfide) groups is 1. The second-order valence-corrected chi connectivity index (χ2v) is 6.39. The van der Waals surface area contributed by atoms with Crippen LogP contribution < -0.4 is 0 Å². The van der Waals surface area contributed by atoms with Crippen molar-refractivity contribution in [1.29, 1.82) is 0 Å². The lowest BCUT2D eigenvalue weighted by atomic mass is 9.96. The number of benzene rings is 1. The Kier molecular flexibility index (Phi) is 2.69. The highest BCUT2D eigenvalue weighted by Crippen LogP contribution is 2.47. The fourth-order valence-corrected chi connectivity index (χ4v) is 3.92. The Balaban J connectivity index is 1.90. The third-order valence-electron chi connectivity index (χ3n) is 3.63. The van der Waals surface area contributed by atoms with E-state index in [0.29, 0.717) is 5.92 Å². The summed E-state index contributed by atoms with van der Waals surface area (Å²) in [6, 6.07) is 6.13. The predicted octanol–water partition coefficient (Wildman–Crippen LogP) is 3.54. The number of hydrogen-bond donors (Lipinski definition) is 1. The maximum Gasteiger partial charge on any atom is 0.0899 e. The maximum atomic E-state index is 10.0. The minimum absolute atomic E-state index is 0.563.